The van der Waals surface area contributed by atoms with Crippen LogP contribution in [-0.4, -0.2) is 43.3 Å². The highest BCUT2D eigenvalue weighted by molar-refractivity contribution is 5.34. The van der Waals surface area contributed by atoms with Crippen LogP contribution in [0, 0.1) is 0 Å². The topological polar surface area (TPSA) is 21.7 Å². The summed E-state index contributed by atoms with van der Waals surface area (Å²) in [6.07, 6.45) is 6.35. The summed E-state index contributed by atoms with van der Waals surface area (Å²) in [5.74, 6) is 0.893. The van der Waals surface area contributed by atoms with E-state index >= 15 is 0 Å². The van der Waals surface area contributed by atoms with Gasteiger partial charge in [0, 0.05) is 19.1 Å². The first-order valence-electron chi connectivity index (χ1n) is 8.51. The SMILES string of the molecule is C=CCOC(COc1ccccc1CC=C)CN(CC=C)C(C)C. The molecule has 0 aliphatic rings. The second kappa shape index (κ2) is 11.7. The summed E-state index contributed by atoms with van der Waals surface area (Å²) < 4.78 is 11.9. The van der Waals surface area contributed by atoms with E-state index in [0.717, 1.165) is 30.8 Å². The fraction of sp³-hybridized carbons (Fsp3) is 0.429. The second-order valence-corrected chi connectivity index (χ2v) is 5.99. The molecule has 0 fully saturated rings. The van der Waals surface area contributed by atoms with E-state index in [1.807, 2.05) is 30.4 Å². The summed E-state index contributed by atoms with van der Waals surface area (Å²) >= 11 is 0. The average Bonchev–Trinajstić information content (AvgIpc) is 2.57. The van der Waals surface area contributed by atoms with Gasteiger partial charge in [-0.3, -0.25) is 4.90 Å². The zero-order valence-corrected chi connectivity index (χ0v) is 15.1. The summed E-state index contributed by atoms with van der Waals surface area (Å²) in [5.41, 5.74) is 1.14. The highest BCUT2D eigenvalue weighted by atomic mass is 16.5. The molecule has 0 aliphatic carbocycles. The molecule has 0 N–H and O–H groups in total. The second-order valence-electron chi connectivity index (χ2n) is 5.99. The first-order chi connectivity index (χ1) is 11.6. The molecule has 132 valence electrons. The van der Waals surface area contributed by atoms with Crippen LogP contribution in [0.4, 0.5) is 0 Å². The van der Waals surface area contributed by atoms with Gasteiger partial charge in [0.2, 0.25) is 0 Å². The quantitative estimate of drug-likeness (QED) is 0.505. The first-order valence-corrected chi connectivity index (χ1v) is 8.51. The molecule has 0 saturated carbocycles. The highest BCUT2D eigenvalue weighted by Gasteiger charge is 2.17. The minimum atomic E-state index is -0.0258. The van der Waals surface area contributed by atoms with Crippen molar-refractivity contribution in [3.63, 3.8) is 0 Å². The number of hydrogen-bond donors (Lipinski definition) is 0. The van der Waals surface area contributed by atoms with Crippen LogP contribution in [0.5, 0.6) is 5.75 Å². The normalized spacial score (nSPS) is 12.2. The van der Waals surface area contributed by atoms with Gasteiger partial charge in [0.05, 0.1) is 6.61 Å². The summed E-state index contributed by atoms with van der Waals surface area (Å²) in [6, 6.07) is 8.48. The van der Waals surface area contributed by atoms with Crippen molar-refractivity contribution >= 4 is 0 Å². The molecule has 0 heterocycles. The van der Waals surface area contributed by atoms with E-state index < -0.39 is 0 Å². The minimum Gasteiger partial charge on any atom is -0.491 e. The van der Waals surface area contributed by atoms with E-state index in [1.165, 1.54) is 0 Å². The molecule has 0 saturated heterocycles. The number of rotatable bonds is 13. The third kappa shape index (κ3) is 7.16. The van der Waals surface area contributed by atoms with Gasteiger partial charge in [0.15, 0.2) is 0 Å². The molecule has 0 radical (unpaired) electrons. The van der Waals surface area contributed by atoms with Crippen molar-refractivity contribution in [2.45, 2.75) is 32.4 Å². The lowest BCUT2D eigenvalue weighted by atomic mass is 10.1. The zero-order valence-electron chi connectivity index (χ0n) is 15.1. The standard InChI is InChI=1S/C21H31NO2/c1-6-11-19-12-9-10-13-21(19)24-17-20(23-15-8-3)16-22(14-7-2)18(4)5/h6-10,12-13,18,20H,1-3,11,14-17H2,4-5H3. The van der Waals surface area contributed by atoms with Crippen molar-refractivity contribution in [3.8, 4) is 5.75 Å². The summed E-state index contributed by atoms with van der Waals surface area (Å²) in [5, 5.41) is 0. The number of allylic oxidation sites excluding steroid dienone is 1. The first kappa shape index (κ1) is 20.2. The third-order valence-electron chi connectivity index (χ3n) is 3.74. The van der Waals surface area contributed by atoms with Crippen LogP contribution in [-0.2, 0) is 11.2 Å². The van der Waals surface area contributed by atoms with Crippen molar-refractivity contribution in [2.24, 2.45) is 0 Å². The van der Waals surface area contributed by atoms with Crippen molar-refractivity contribution in [1.82, 2.24) is 4.90 Å². The molecule has 0 aliphatic heterocycles. The molecular weight excluding hydrogens is 298 g/mol. The van der Waals surface area contributed by atoms with E-state index in [9.17, 15) is 0 Å². The smallest absolute Gasteiger partial charge is 0.122 e. The van der Waals surface area contributed by atoms with Gasteiger partial charge in [-0.25, -0.2) is 0 Å². The zero-order chi connectivity index (χ0) is 17.8. The van der Waals surface area contributed by atoms with Gasteiger partial charge in [-0.15, -0.1) is 19.7 Å². The monoisotopic (exact) mass is 329 g/mol. The molecule has 0 spiro atoms. The van der Waals surface area contributed by atoms with Gasteiger partial charge in [0.25, 0.3) is 0 Å². The Morgan fingerprint density at radius 2 is 1.83 bits per heavy atom. The Morgan fingerprint density at radius 3 is 2.46 bits per heavy atom. The molecule has 0 aromatic heterocycles. The third-order valence-corrected chi connectivity index (χ3v) is 3.74. The van der Waals surface area contributed by atoms with Gasteiger partial charge in [-0.05, 0) is 31.9 Å². The molecule has 1 aromatic carbocycles. The number of nitrogens with zero attached hydrogens (tertiary/aromatic N) is 1. The number of ether oxygens (including phenoxy) is 2. The average molecular weight is 329 g/mol. The molecule has 24 heavy (non-hydrogen) atoms. The van der Waals surface area contributed by atoms with Gasteiger partial charge in [-0.2, -0.15) is 0 Å². The maximum Gasteiger partial charge on any atom is 0.122 e. The summed E-state index contributed by atoms with van der Waals surface area (Å²) in [4.78, 5) is 2.32. The van der Waals surface area contributed by atoms with E-state index in [-0.39, 0.29) is 6.10 Å². The van der Waals surface area contributed by atoms with Crippen LogP contribution in [0.15, 0.2) is 62.2 Å². The Bertz CT molecular complexity index is 510. The lowest BCUT2D eigenvalue weighted by Gasteiger charge is -2.29. The van der Waals surface area contributed by atoms with Crippen LogP contribution in [0.3, 0.4) is 0 Å². The Balaban J connectivity index is 2.73. The lowest BCUT2D eigenvalue weighted by molar-refractivity contribution is 0.00782. The lowest BCUT2D eigenvalue weighted by Crippen LogP contribution is -2.41. The Morgan fingerprint density at radius 1 is 1.08 bits per heavy atom. The predicted molar refractivity (Wildman–Crippen MR) is 103 cm³/mol. The predicted octanol–water partition coefficient (Wildman–Crippen LogP) is 4.26. The Hall–Kier alpha value is -1.84. The molecule has 0 amide bonds. The van der Waals surface area contributed by atoms with Crippen LogP contribution in [0.25, 0.3) is 0 Å². The van der Waals surface area contributed by atoms with Crippen LogP contribution in [0.2, 0.25) is 0 Å². The molecule has 1 aromatic rings. The number of benzene rings is 1. The van der Waals surface area contributed by atoms with Gasteiger partial charge >= 0.3 is 0 Å². The maximum atomic E-state index is 6.05. The minimum absolute atomic E-state index is 0.0258. The molecule has 1 rings (SSSR count). The summed E-state index contributed by atoms with van der Waals surface area (Å²) in [7, 11) is 0. The number of hydrogen-bond acceptors (Lipinski definition) is 3. The van der Waals surface area contributed by atoms with E-state index in [1.54, 1.807) is 6.08 Å². The Kier molecular flexibility index (Phi) is 9.81. The number of para-hydroxylation sites is 1. The molecular formula is C21H31NO2. The van der Waals surface area contributed by atoms with Crippen LogP contribution >= 0.6 is 0 Å². The van der Waals surface area contributed by atoms with Crippen LogP contribution < -0.4 is 4.74 Å². The van der Waals surface area contributed by atoms with Gasteiger partial charge < -0.3 is 9.47 Å². The highest BCUT2D eigenvalue weighted by Crippen LogP contribution is 2.19. The summed E-state index contributed by atoms with van der Waals surface area (Å²) in [6.45, 7) is 18.4. The van der Waals surface area contributed by atoms with Gasteiger partial charge in [-0.1, -0.05) is 36.4 Å². The van der Waals surface area contributed by atoms with Crippen molar-refractivity contribution < 1.29 is 9.47 Å². The van der Waals surface area contributed by atoms with Crippen LogP contribution in [0.1, 0.15) is 19.4 Å². The largest absolute Gasteiger partial charge is 0.491 e. The fourth-order valence-corrected chi connectivity index (χ4v) is 2.43. The van der Waals surface area contributed by atoms with E-state index in [4.69, 9.17) is 9.47 Å². The molecule has 1 atom stereocenters. The van der Waals surface area contributed by atoms with E-state index in [0.29, 0.717) is 19.3 Å². The molecule has 0 bridgehead atoms. The fourth-order valence-electron chi connectivity index (χ4n) is 2.43. The molecule has 1 unspecified atom stereocenters. The van der Waals surface area contributed by atoms with Crippen molar-refractivity contribution in [1.29, 1.82) is 0 Å². The molecule has 3 heteroatoms. The van der Waals surface area contributed by atoms with Gasteiger partial charge in [0.1, 0.15) is 18.5 Å². The van der Waals surface area contributed by atoms with E-state index in [2.05, 4.69) is 44.6 Å². The Labute approximate surface area is 147 Å². The molecule has 3 nitrogen and oxygen atoms in total. The van der Waals surface area contributed by atoms with Crippen molar-refractivity contribution in [2.75, 3.05) is 26.3 Å². The van der Waals surface area contributed by atoms with Crippen molar-refractivity contribution in [3.05, 3.63) is 67.8 Å². The maximum absolute atomic E-state index is 6.05.